The minimum absolute atomic E-state index is 0.0484. The molecule has 5 rings (SSSR count). The van der Waals surface area contributed by atoms with Gasteiger partial charge in [0, 0.05) is 28.9 Å². The fourth-order valence-corrected chi connectivity index (χ4v) is 6.09. The molecule has 0 aliphatic carbocycles. The topological polar surface area (TPSA) is 74.3 Å². The molecule has 2 amide bonds. The first-order valence-electron chi connectivity index (χ1n) is 11.4. The predicted octanol–water partition coefficient (Wildman–Crippen LogP) is 4.14. The van der Waals surface area contributed by atoms with Crippen LogP contribution in [0.15, 0.2) is 42.6 Å². The third-order valence-corrected chi connectivity index (χ3v) is 8.17. The lowest BCUT2D eigenvalue weighted by Crippen LogP contribution is -2.48. The molecular formula is C26H28N4O2S. The number of nitrogens with zero attached hydrogens (tertiary/aromatic N) is 2. The van der Waals surface area contributed by atoms with E-state index in [1.165, 1.54) is 20.5 Å². The van der Waals surface area contributed by atoms with Crippen molar-refractivity contribution in [3.8, 4) is 0 Å². The average molecular weight is 461 g/mol. The van der Waals surface area contributed by atoms with Gasteiger partial charge >= 0.3 is 0 Å². The highest BCUT2D eigenvalue weighted by Crippen LogP contribution is 2.39. The van der Waals surface area contributed by atoms with Gasteiger partial charge in [0.2, 0.25) is 11.8 Å². The lowest BCUT2D eigenvalue weighted by Gasteiger charge is -2.39. The number of amides is 2. The zero-order chi connectivity index (χ0) is 23.0. The van der Waals surface area contributed by atoms with Crippen LogP contribution in [0.5, 0.6) is 0 Å². The second-order valence-electron chi connectivity index (χ2n) is 9.11. The number of rotatable bonds is 4. The number of fused-ring (bicyclic) bond motifs is 2. The molecule has 0 bridgehead atoms. The highest BCUT2D eigenvalue weighted by molar-refractivity contribution is 7.19. The summed E-state index contributed by atoms with van der Waals surface area (Å²) >= 11 is 1.74. The quantitative estimate of drug-likeness (QED) is 0.574. The van der Waals surface area contributed by atoms with E-state index in [-0.39, 0.29) is 17.2 Å². The van der Waals surface area contributed by atoms with Crippen molar-refractivity contribution < 1.29 is 9.59 Å². The van der Waals surface area contributed by atoms with E-state index in [0.29, 0.717) is 18.8 Å². The van der Waals surface area contributed by atoms with E-state index < -0.39 is 0 Å². The SMILES string of the molecule is Cc1c(CN(C)C(=O)C=Cc2cnc3c(c2)CC2(CCNCC2)C(=O)N3)sc2ccccc12. The minimum Gasteiger partial charge on any atom is -0.337 e. The number of hydrogen-bond donors (Lipinski definition) is 2. The Balaban J connectivity index is 1.29. The number of hydrogen-bond acceptors (Lipinski definition) is 5. The lowest BCUT2D eigenvalue weighted by atomic mass is 9.71. The highest BCUT2D eigenvalue weighted by atomic mass is 32.1. The molecule has 0 radical (unpaired) electrons. The molecule has 2 aliphatic rings. The summed E-state index contributed by atoms with van der Waals surface area (Å²) in [6.45, 7) is 4.42. The lowest BCUT2D eigenvalue weighted by molar-refractivity contribution is -0.127. The standard InChI is InChI=1S/C26H28N4O2S/c1-17-20-5-3-4-6-21(20)33-22(17)16-30(2)23(31)8-7-18-13-19-14-26(9-11-27-12-10-26)25(32)29-24(19)28-15-18/h3-8,13,15,27H,9-12,14,16H2,1-2H3,(H,28,29,32). The van der Waals surface area contributed by atoms with E-state index in [4.69, 9.17) is 0 Å². The Bertz CT molecular complexity index is 1260. The van der Waals surface area contributed by atoms with Gasteiger partial charge in [0.25, 0.3) is 0 Å². The number of piperidine rings is 1. The first-order chi connectivity index (χ1) is 15.9. The van der Waals surface area contributed by atoms with Crippen molar-refractivity contribution in [1.29, 1.82) is 0 Å². The smallest absolute Gasteiger partial charge is 0.246 e. The van der Waals surface area contributed by atoms with Crippen LogP contribution in [0.2, 0.25) is 0 Å². The van der Waals surface area contributed by atoms with Gasteiger partial charge in [-0.2, -0.15) is 0 Å². The Morgan fingerprint density at radius 3 is 2.85 bits per heavy atom. The highest BCUT2D eigenvalue weighted by Gasteiger charge is 2.43. The van der Waals surface area contributed by atoms with Crippen molar-refractivity contribution >= 4 is 45.1 Å². The van der Waals surface area contributed by atoms with Gasteiger partial charge in [0.05, 0.1) is 12.0 Å². The van der Waals surface area contributed by atoms with Crippen LogP contribution in [0.1, 0.15) is 34.4 Å². The van der Waals surface area contributed by atoms with E-state index in [2.05, 4.69) is 40.7 Å². The van der Waals surface area contributed by atoms with E-state index in [1.54, 1.807) is 28.5 Å². The molecule has 0 unspecified atom stereocenters. The fraction of sp³-hybridized carbons (Fsp3) is 0.346. The number of aromatic nitrogens is 1. The van der Waals surface area contributed by atoms with Crippen LogP contribution in [0, 0.1) is 12.3 Å². The number of carbonyl (C=O) groups is 2. The number of anilines is 1. The number of benzene rings is 1. The maximum atomic E-state index is 12.8. The fourth-order valence-electron chi connectivity index (χ4n) is 4.83. The molecule has 6 nitrogen and oxygen atoms in total. The van der Waals surface area contributed by atoms with Crippen molar-refractivity contribution in [2.24, 2.45) is 5.41 Å². The van der Waals surface area contributed by atoms with Gasteiger partial charge in [0.1, 0.15) is 5.82 Å². The van der Waals surface area contributed by atoms with Gasteiger partial charge in [-0.15, -0.1) is 11.3 Å². The molecule has 1 saturated heterocycles. The molecule has 1 spiro atoms. The third-order valence-electron chi connectivity index (χ3n) is 6.91. The summed E-state index contributed by atoms with van der Waals surface area (Å²) in [5.41, 5.74) is 2.81. The van der Waals surface area contributed by atoms with E-state index >= 15 is 0 Å². The Labute approximate surface area is 197 Å². The normalized spacial score (nSPS) is 17.3. The maximum absolute atomic E-state index is 12.8. The van der Waals surface area contributed by atoms with Gasteiger partial charge in [-0.1, -0.05) is 18.2 Å². The maximum Gasteiger partial charge on any atom is 0.246 e. The summed E-state index contributed by atoms with van der Waals surface area (Å²) in [7, 11) is 1.83. The molecule has 0 atom stereocenters. The van der Waals surface area contributed by atoms with Gasteiger partial charge in [-0.3, -0.25) is 9.59 Å². The average Bonchev–Trinajstić information content (AvgIpc) is 3.14. The summed E-state index contributed by atoms with van der Waals surface area (Å²) in [6, 6.07) is 10.4. The van der Waals surface area contributed by atoms with Crippen molar-refractivity contribution in [2.75, 3.05) is 25.5 Å². The molecule has 2 aliphatic heterocycles. The molecule has 2 N–H and O–H groups in total. The zero-order valence-corrected chi connectivity index (χ0v) is 19.8. The van der Waals surface area contributed by atoms with E-state index in [9.17, 15) is 9.59 Å². The summed E-state index contributed by atoms with van der Waals surface area (Å²) in [6.07, 6.45) is 7.49. The van der Waals surface area contributed by atoms with Crippen molar-refractivity contribution in [2.45, 2.75) is 32.7 Å². The Hall–Kier alpha value is -3.03. The zero-order valence-electron chi connectivity index (χ0n) is 19.0. The van der Waals surface area contributed by atoms with Gasteiger partial charge in [0.15, 0.2) is 0 Å². The van der Waals surface area contributed by atoms with Crippen LogP contribution in [0.4, 0.5) is 5.82 Å². The van der Waals surface area contributed by atoms with Crippen LogP contribution < -0.4 is 10.6 Å². The van der Waals surface area contributed by atoms with Gasteiger partial charge < -0.3 is 15.5 Å². The van der Waals surface area contributed by atoms with Crippen LogP contribution in [-0.2, 0) is 22.6 Å². The van der Waals surface area contributed by atoms with Crippen LogP contribution in [0.3, 0.4) is 0 Å². The number of carbonyl (C=O) groups excluding carboxylic acids is 2. The summed E-state index contributed by atoms with van der Waals surface area (Å²) in [5, 5.41) is 7.59. The van der Waals surface area contributed by atoms with Crippen LogP contribution >= 0.6 is 11.3 Å². The Kier molecular flexibility index (Phi) is 5.76. The van der Waals surface area contributed by atoms with Crippen molar-refractivity contribution in [3.63, 3.8) is 0 Å². The van der Waals surface area contributed by atoms with Gasteiger partial charge in [-0.05, 0) is 79.6 Å². The second-order valence-corrected chi connectivity index (χ2v) is 10.2. The summed E-state index contributed by atoms with van der Waals surface area (Å²) < 4.78 is 1.25. The first-order valence-corrected chi connectivity index (χ1v) is 12.2. The molecule has 2 aromatic heterocycles. The number of pyridine rings is 1. The molecule has 4 heterocycles. The second kappa shape index (κ2) is 8.72. The molecule has 170 valence electrons. The predicted molar refractivity (Wildman–Crippen MR) is 133 cm³/mol. The van der Waals surface area contributed by atoms with Crippen LogP contribution in [-0.4, -0.2) is 41.8 Å². The van der Waals surface area contributed by atoms with Crippen LogP contribution in [0.25, 0.3) is 16.2 Å². The molecule has 7 heteroatoms. The molecule has 1 fully saturated rings. The van der Waals surface area contributed by atoms with Crippen molar-refractivity contribution in [3.05, 3.63) is 64.2 Å². The molecule has 1 aromatic carbocycles. The Morgan fingerprint density at radius 1 is 1.27 bits per heavy atom. The monoisotopic (exact) mass is 460 g/mol. The number of nitrogens with one attached hydrogen (secondary N) is 2. The van der Waals surface area contributed by atoms with E-state index in [1.807, 2.05) is 25.3 Å². The summed E-state index contributed by atoms with van der Waals surface area (Å²) in [5.74, 6) is 0.679. The summed E-state index contributed by atoms with van der Waals surface area (Å²) in [4.78, 5) is 32.9. The number of likely N-dealkylation sites (N-methyl/N-ethyl adjacent to an activating group) is 1. The van der Waals surface area contributed by atoms with Crippen molar-refractivity contribution in [1.82, 2.24) is 15.2 Å². The number of aryl methyl sites for hydroxylation is 1. The van der Waals surface area contributed by atoms with E-state index in [0.717, 1.165) is 37.1 Å². The third kappa shape index (κ3) is 4.18. The molecule has 0 saturated carbocycles. The first kappa shape index (κ1) is 21.8. The largest absolute Gasteiger partial charge is 0.337 e. The number of thiophene rings is 1. The molecule has 3 aromatic rings. The van der Waals surface area contributed by atoms with Gasteiger partial charge in [-0.25, -0.2) is 4.98 Å². The molecule has 33 heavy (non-hydrogen) atoms. The Morgan fingerprint density at radius 2 is 2.06 bits per heavy atom. The molecular weight excluding hydrogens is 432 g/mol. The minimum atomic E-state index is -0.347.